The van der Waals surface area contributed by atoms with Gasteiger partial charge in [-0.15, -0.1) is 0 Å². The van der Waals surface area contributed by atoms with Gasteiger partial charge >= 0.3 is 0 Å². The fourth-order valence-corrected chi connectivity index (χ4v) is 5.72. The van der Waals surface area contributed by atoms with Crippen molar-refractivity contribution < 1.29 is 15.3 Å². The zero-order valence-electron chi connectivity index (χ0n) is 18.0. The van der Waals surface area contributed by atoms with Crippen molar-refractivity contribution in [2.45, 2.75) is 109 Å². The fraction of sp³-hybridized carbons (Fsp3) is 0.760. The van der Waals surface area contributed by atoms with E-state index in [1.807, 2.05) is 6.07 Å². The van der Waals surface area contributed by atoms with Gasteiger partial charge in [-0.2, -0.15) is 0 Å². The molecule has 0 radical (unpaired) electrons. The van der Waals surface area contributed by atoms with Crippen LogP contribution in [0.4, 0.5) is 0 Å². The number of aliphatic hydroxyl groups excluding tert-OH is 2. The summed E-state index contributed by atoms with van der Waals surface area (Å²) < 4.78 is 0. The Morgan fingerprint density at radius 3 is 2.46 bits per heavy atom. The van der Waals surface area contributed by atoms with Gasteiger partial charge in [0.25, 0.3) is 0 Å². The Labute approximate surface area is 171 Å². The smallest absolute Gasteiger partial charge is 0.119 e. The average Bonchev–Trinajstić information content (AvgIpc) is 2.65. The van der Waals surface area contributed by atoms with E-state index < -0.39 is 0 Å². The Balaban J connectivity index is 1.77. The largest absolute Gasteiger partial charge is 0.508 e. The molecule has 0 bridgehead atoms. The summed E-state index contributed by atoms with van der Waals surface area (Å²) >= 11 is 0. The van der Waals surface area contributed by atoms with E-state index in [2.05, 4.69) is 32.9 Å². The van der Waals surface area contributed by atoms with Gasteiger partial charge in [0.2, 0.25) is 0 Å². The maximum atomic E-state index is 10.9. The van der Waals surface area contributed by atoms with Crippen molar-refractivity contribution in [3.8, 4) is 5.75 Å². The maximum Gasteiger partial charge on any atom is 0.119 e. The zero-order chi connectivity index (χ0) is 20.3. The third-order valence-corrected chi connectivity index (χ3v) is 7.50. The second-order valence-electron chi connectivity index (χ2n) is 10.1. The Bertz CT molecular complexity index is 639. The minimum atomic E-state index is -0.296. The van der Waals surface area contributed by atoms with E-state index in [0.29, 0.717) is 24.0 Å². The molecule has 3 rings (SSSR count). The van der Waals surface area contributed by atoms with Crippen LogP contribution < -0.4 is 0 Å². The number of aliphatic hydroxyl groups is 2. The van der Waals surface area contributed by atoms with E-state index in [1.165, 1.54) is 31.2 Å². The molecule has 3 heteroatoms. The van der Waals surface area contributed by atoms with Gasteiger partial charge in [0.1, 0.15) is 5.75 Å². The first-order valence-corrected chi connectivity index (χ1v) is 11.5. The van der Waals surface area contributed by atoms with Gasteiger partial charge < -0.3 is 15.3 Å². The lowest BCUT2D eigenvalue weighted by Gasteiger charge is -2.45. The highest BCUT2D eigenvalue weighted by atomic mass is 16.3. The summed E-state index contributed by atoms with van der Waals surface area (Å²) in [5, 5.41) is 31.5. The van der Waals surface area contributed by atoms with Crippen molar-refractivity contribution in [2.24, 2.45) is 11.8 Å². The molecule has 2 aliphatic rings. The molecule has 2 saturated carbocycles. The van der Waals surface area contributed by atoms with Gasteiger partial charge in [-0.05, 0) is 78.9 Å². The second kappa shape index (κ2) is 9.17. The molecule has 3 N–H and O–H groups in total. The first-order chi connectivity index (χ1) is 13.3. The topological polar surface area (TPSA) is 60.7 Å². The van der Waals surface area contributed by atoms with Crippen molar-refractivity contribution in [1.82, 2.24) is 0 Å². The van der Waals surface area contributed by atoms with E-state index >= 15 is 0 Å². The molecule has 0 amide bonds. The van der Waals surface area contributed by atoms with Crippen molar-refractivity contribution in [1.29, 1.82) is 0 Å². The highest BCUT2D eigenvalue weighted by Gasteiger charge is 2.42. The molecule has 0 heterocycles. The van der Waals surface area contributed by atoms with Crippen molar-refractivity contribution >= 4 is 0 Å². The number of aromatic hydroxyl groups is 1. The molecule has 0 spiro atoms. The minimum Gasteiger partial charge on any atom is -0.508 e. The van der Waals surface area contributed by atoms with Crippen LogP contribution in [0.1, 0.15) is 102 Å². The molecule has 158 valence electrons. The summed E-state index contributed by atoms with van der Waals surface area (Å²) in [5.41, 5.74) is 2.22. The third-order valence-electron chi connectivity index (χ3n) is 7.50. The van der Waals surface area contributed by atoms with Crippen LogP contribution in [0.5, 0.6) is 5.75 Å². The predicted molar refractivity (Wildman–Crippen MR) is 115 cm³/mol. The quantitative estimate of drug-likeness (QED) is 0.529. The standard InChI is InChI=1S/C25H40O3/c1-4-5-6-7-12-25(2,3)18-9-11-21(24(28)14-18)23-16-20(27)13-17-8-10-19(26)15-22(17)23/h9,11,14,17,19-20,22-23,26-28H,4-8,10,12-13,15-16H2,1-3H3/t17-,19+,20+,22+,23-/m1/s1. The molecule has 28 heavy (non-hydrogen) atoms. The highest BCUT2D eigenvalue weighted by molar-refractivity contribution is 5.42. The van der Waals surface area contributed by atoms with Gasteiger partial charge in [-0.3, -0.25) is 0 Å². The van der Waals surface area contributed by atoms with E-state index in [1.54, 1.807) is 0 Å². The van der Waals surface area contributed by atoms with Crippen molar-refractivity contribution in [3.05, 3.63) is 29.3 Å². The summed E-state index contributed by atoms with van der Waals surface area (Å²) in [5.74, 6) is 1.35. The molecule has 0 aliphatic heterocycles. The van der Waals surface area contributed by atoms with Crippen LogP contribution in [-0.2, 0) is 5.41 Å². The van der Waals surface area contributed by atoms with E-state index in [0.717, 1.165) is 37.7 Å². The van der Waals surface area contributed by atoms with Crippen LogP contribution in [0.15, 0.2) is 18.2 Å². The average molecular weight is 389 g/mol. The van der Waals surface area contributed by atoms with Gasteiger partial charge in [0.15, 0.2) is 0 Å². The lowest BCUT2D eigenvalue weighted by molar-refractivity contribution is -0.00864. The minimum absolute atomic E-state index is 0.0550. The molecule has 2 fully saturated rings. The molecule has 2 aliphatic carbocycles. The SMILES string of the molecule is CCCCCCC(C)(C)c1ccc([C@H]2C[C@@H](O)C[C@H]3CC[C@H](O)C[C@@H]32)c(O)c1. The lowest BCUT2D eigenvalue weighted by atomic mass is 9.62. The second-order valence-corrected chi connectivity index (χ2v) is 10.1. The fourth-order valence-electron chi connectivity index (χ4n) is 5.72. The summed E-state index contributed by atoms with van der Waals surface area (Å²) in [7, 11) is 0. The Morgan fingerprint density at radius 2 is 1.75 bits per heavy atom. The summed E-state index contributed by atoms with van der Waals surface area (Å²) in [6.07, 6.45) is 9.81. The summed E-state index contributed by atoms with van der Waals surface area (Å²) in [6.45, 7) is 6.77. The summed E-state index contributed by atoms with van der Waals surface area (Å²) in [6, 6.07) is 6.24. The van der Waals surface area contributed by atoms with Gasteiger partial charge in [0.05, 0.1) is 12.2 Å². The van der Waals surface area contributed by atoms with Crippen LogP contribution in [0.3, 0.4) is 0 Å². The number of phenols is 1. The van der Waals surface area contributed by atoms with Crippen LogP contribution in [0, 0.1) is 11.8 Å². The highest BCUT2D eigenvalue weighted by Crippen LogP contribution is 2.50. The first-order valence-electron chi connectivity index (χ1n) is 11.5. The van der Waals surface area contributed by atoms with Gasteiger partial charge in [-0.25, -0.2) is 0 Å². The molecule has 1 aromatic carbocycles. The number of rotatable bonds is 7. The van der Waals surface area contributed by atoms with Crippen LogP contribution in [-0.4, -0.2) is 27.5 Å². The van der Waals surface area contributed by atoms with Crippen LogP contribution in [0.25, 0.3) is 0 Å². The normalized spacial score (nSPS) is 30.8. The molecule has 1 aromatic rings. The molecular formula is C25H40O3. The lowest BCUT2D eigenvalue weighted by Crippen LogP contribution is -2.39. The van der Waals surface area contributed by atoms with E-state index in [4.69, 9.17) is 0 Å². The molecule has 0 unspecified atom stereocenters. The number of benzene rings is 1. The number of fused-ring (bicyclic) bond motifs is 1. The van der Waals surface area contributed by atoms with E-state index in [9.17, 15) is 15.3 Å². The monoisotopic (exact) mass is 388 g/mol. The third kappa shape index (κ3) is 4.91. The van der Waals surface area contributed by atoms with Crippen LogP contribution >= 0.6 is 0 Å². The summed E-state index contributed by atoms with van der Waals surface area (Å²) in [4.78, 5) is 0. The van der Waals surface area contributed by atoms with Gasteiger partial charge in [-0.1, -0.05) is 58.6 Å². The van der Waals surface area contributed by atoms with Crippen LogP contribution in [0.2, 0.25) is 0 Å². The molecule has 5 atom stereocenters. The van der Waals surface area contributed by atoms with Gasteiger partial charge in [0, 0.05) is 0 Å². The maximum absolute atomic E-state index is 10.9. The van der Waals surface area contributed by atoms with E-state index in [-0.39, 0.29) is 23.5 Å². The van der Waals surface area contributed by atoms with Crippen molar-refractivity contribution in [2.75, 3.05) is 0 Å². The number of hydrogen-bond donors (Lipinski definition) is 3. The molecular weight excluding hydrogens is 348 g/mol. The molecule has 0 saturated heterocycles. The molecule has 3 nitrogen and oxygen atoms in total. The number of hydrogen-bond acceptors (Lipinski definition) is 3. The zero-order valence-corrected chi connectivity index (χ0v) is 18.0. The Hall–Kier alpha value is -1.06. The van der Waals surface area contributed by atoms with Crippen molar-refractivity contribution in [3.63, 3.8) is 0 Å². The Kier molecular flexibility index (Phi) is 7.09. The molecule has 0 aromatic heterocycles. The number of phenolic OH excluding ortho intramolecular Hbond substituents is 1. The Morgan fingerprint density at radius 1 is 0.964 bits per heavy atom. The number of unbranched alkanes of at least 4 members (excludes halogenated alkanes) is 3. The predicted octanol–water partition coefficient (Wildman–Crippen LogP) is 5.66. The first kappa shape index (κ1) is 21.6.